The van der Waals surface area contributed by atoms with Crippen molar-refractivity contribution in [3.8, 4) is 0 Å². The summed E-state index contributed by atoms with van der Waals surface area (Å²) >= 11 is 0. The summed E-state index contributed by atoms with van der Waals surface area (Å²) in [6, 6.07) is 7.53. The molecule has 2 heterocycles. The molecule has 2 amide bonds. The smallest absolute Gasteiger partial charge is 0.245 e. The molecule has 1 aliphatic rings. The highest BCUT2D eigenvalue weighted by molar-refractivity contribution is 5.89. The summed E-state index contributed by atoms with van der Waals surface area (Å²) < 4.78 is 0. The first-order valence-corrected chi connectivity index (χ1v) is 8.76. The SMILES string of the molecule is CC(=O)NC(Cc1c[nH]c2ccccc12)C(=O)N1CCCCCC1. The first-order chi connectivity index (χ1) is 11.6. The van der Waals surface area contributed by atoms with E-state index in [9.17, 15) is 9.59 Å². The molecule has 0 spiro atoms. The van der Waals surface area contributed by atoms with Crippen molar-refractivity contribution >= 4 is 22.7 Å². The zero-order valence-electron chi connectivity index (χ0n) is 14.2. The number of nitrogens with zero attached hydrogens (tertiary/aromatic N) is 1. The van der Waals surface area contributed by atoms with Gasteiger partial charge in [0.15, 0.2) is 0 Å². The van der Waals surface area contributed by atoms with Gasteiger partial charge in [-0.25, -0.2) is 0 Å². The minimum Gasteiger partial charge on any atom is -0.361 e. The van der Waals surface area contributed by atoms with Gasteiger partial charge in [0.1, 0.15) is 6.04 Å². The quantitative estimate of drug-likeness (QED) is 0.906. The maximum Gasteiger partial charge on any atom is 0.245 e. The summed E-state index contributed by atoms with van der Waals surface area (Å²) in [5, 5.41) is 3.96. The number of aromatic nitrogens is 1. The van der Waals surface area contributed by atoms with Gasteiger partial charge >= 0.3 is 0 Å². The van der Waals surface area contributed by atoms with E-state index >= 15 is 0 Å². The number of likely N-dealkylation sites (tertiary alicyclic amines) is 1. The summed E-state index contributed by atoms with van der Waals surface area (Å²) in [6.45, 7) is 3.06. The first kappa shape index (κ1) is 16.6. The maximum absolute atomic E-state index is 12.9. The topological polar surface area (TPSA) is 65.2 Å². The predicted molar refractivity (Wildman–Crippen MR) is 94.7 cm³/mol. The lowest BCUT2D eigenvalue weighted by atomic mass is 10.0. The van der Waals surface area contributed by atoms with Crippen LogP contribution >= 0.6 is 0 Å². The van der Waals surface area contributed by atoms with Crippen molar-refractivity contribution in [2.45, 2.75) is 45.1 Å². The average Bonchev–Trinajstić information content (AvgIpc) is 2.79. The summed E-state index contributed by atoms with van der Waals surface area (Å²) in [5.41, 5.74) is 2.11. The number of carbonyl (C=O) groups is 2. The Morgan fingerprint density at radius 1 is 1.17 bits per heavy atom. The van der Waals surface area contributed by atoms with Gasteiger partial charge in [-0.2, -0.15) is 0 Å². The number of fused-ring (bicyclic) bond motifs is 1. The normalized spacial score (nSPS) is 16.6. The van der Waals surface area contributed by atoms with Crippen LogP contribution in [0.3, 0.4) is 0 Å². The lowest BCUT2D eigenvalue weighted by Gasteiger charge is -2.26. The van der Waals surface area contributed by atoms with Crippen LogP contribution in [0, 0.1) is 0 Å². The molecule has 2 N–H and O–H groups in total. The number of nitrogens with one attached hydrogen (secondary N) is 2. The second-order valence-corrected chi connectivity index (χ2v) is 6.56. The highest BCUT2D eigenvalue weighted by atomic mass is 16.2. The molecular formula is C19H25N3O2. The lowest BCUT2D eigenvalue weighted by molar-refractivity contribution is -0.136. The van der Waals surface area contributed by atoms with Gasteiger partial charge < -0.3 is 15.2 Å². The van der Waals surface area contributed by atoms with Crippen molar-refractivity contribution in [2.75, 3.05) is 13.1 Å². The van der Waals surface area contributed by atoms with Gasteiger partial charge in [0.25, 0.3) is 0 Å². The van der Waals surface area contributed by atoms with Gasteiger partial charge in [0.2, 0.25) is 11.8 Å². The van der Waals surface area contributed by atoms with Crippen molar-refractivity contribution in [1.82, 2.24) is 15.2 Å². The number of rotatable bonds is 4. The first-order valence-electron chi connectivity index (χ1n) is 8.76. The number of carbonyl (C=O) groups excluding carboxylic acids is 2. The van der Waals surface area contributed by atoms with E-state index in [0.717, 1.165) is 42.4 Å². The summed E-state index contributed by atoms with van der Waals surface area (Å²) in [4.78, 5) is 29.7. The molecule has 1 fully saturated rings. The highest BCUT2D eigenvalue weighted by Crippen LogP contribution is 2.20. The molecule has 1 atom stereocenters. The number of para-hydroxylation sites is 1. The van der Waals surface area contributed by atoms with Crippen LogP contribution in [0.15, 0.2) is 30.5 Å². The van der Waals surface area contributed by atoms with Crippen LogP contribution in [0.25, 0.3) is 10.9 Å². The molecule has 1 aliphatic heterocycles. The number of hydrogen-bond acceptors (Lipinski definition) is 2. The molecule has 3 rings (SSSR count). The Kier molecular flexibility index (Phi) is 5.18. The van der Waals surface area contributed by atoms with Gasteiger partial charge in [0.05, 0.1) is 0 Å². The number of benzene rings is 1. The van der Waals surface area contributed by atoms with Crippen molar-refractivity contribution in [2.24, 2.45) is 0 Å². The summed E-state index contributed by atoms with van der Waals surface area (Å²) in [7, 11) is 0. The molecule has 24 heavy (non-hydrogen) atoms. The third-order valence-corrected chi connectivity index (χ3v) is 4.69. The van der Waals surface area contributed by atoms with Crippen LogP contribution in [0.5, 0.6) is 0 Å². The zero-order valence-corrected chi connectivity index (χ0v) is 14.2. The Labute approximate surface area is 142 Å². The van der Waals surface area contributed by atoms with E-state index in [0.29, 0.717) is 6.42 Å². The van der Waals surface area contributed by atoms with E-state index < -0.39 is 6.04 Å². The molecular weight excluding hydrogens is 302 g/mol. The highest BCUT2D eigenvalue weighted by Gasteiger charge is 2.26. The van der Waals surface area contributed by atoms with Crippen LogP contribution in [0.4, 0.5) is 0 Å². The van der Waals surface area contributed by atoms with E-state index in [1.165, 1.54) is 19.8 Å². The Morgan fingerprint density at radius 2 is 1.88 bits per heavy atom. The van der Waals surface area contributed by atoms with E-state index in [-0.39, 0.29) is 11.8 Å². The average molecular weight is 327 g/mol. The fourth-order valence-electron chi connectivity index (χ4n) is 3.48. The second kappa shape index (κ2) is 7.51. The van der Waals surface area contributed by atoms with E-state index in [4.69, 9.17) is 0 Å². The van der Waals surface area contributed by atoms with Gasteiger partial charge in [-0.3, -0.25) is 9.59 Å². The number of hydrogen-bond donors (Lipinski definition) is 2. The molecule has 5 heteroatoms. The standard InChI is InChI=1S/C19H25N3O2/c1-14(23)21-18(19(24)22-10-6-2-3-7-11-22)12-15-13-20-17-9-5-4-8-16(15)17/h4-5,8-9,13,18,20H,2-3,6-7,10-12H2,1H3,(H,21,23). The third kappa shape index (κ3) is 3.78. The van der Waals surface area contributed by atoms with E-state index in [1.54, 1.807) is 0 Å². The van der Waals surface area contributed by atoms with Crippen LogP contribution in [-0.4, -0.2) is 40.8 Å². The molecule has 128 valence electrons. The van der Waals surface area contributed by atoms with Crippen molar-refractivity contribution in [3.05, 3.63) is 36.0 Å². The van der Waals surface area contributed by atoms with Gasteiger partial charge in [-0.05, 0) is 24.5 Å². The number of H-pyrrole nitrogens is 1. The number of aromatic amines is 1. The van der Waals surface area contributed by atoms with Crippen molar-refractivity contribution in [1.29, 1.82) is 0 Å². The van der Waals surface area contributed by atoms with Crippen LogP contribution < -0.4 is 5.32 Å². The molecule has 0 saturated carbocycles. The van der Waals surface area contributed by atoms with Crippen molar-refractivity contribution in [3.63, 3.8) is 0 Å². The minimum absolute atomic E-state index is 0.0392. The summed E-state index contributed by atoms with van der Waals surface area (Å²) in [6.07, 6.45) is 6.90. The molecule has 0 radical (unpaired) electrons. The maximum atomic E-state index is 12.9. The van der Waals surface area contributed by atoms with Crippen molar-refractivity contribution < 1.29 is 9.59 Å². The fourth-order valence-corrected chi connectivity index (χ4v) is 3.48. The lowest BCUT2D eigenvalue weighted by Crippen LogP contribution is -2.49. The monoisotopic (exact) mass is 327 g/mol. The van der Waals surface area contributed by atoms with E-state index in [2.05, 4.69) is 10.3 Å². The van der Waals surface area contributed by atoms with Gasteiger partial charge in [0, 0.05) is 43.5 Å². The molecule has 1 saturated heterocycles. The minimum atomic E-state index is -0.500. The van der Waals surface area contributed by atoms with Gasteiger partial charge in [-0.15, -0.1) is 0 Å². The fraction of sp³-hybridized carbons (Fsp3) is 0.474. The third-order valence-electron chi connectivity index (χ3n) is 4.69. The van der Waals surface area contributed by atoms with Crippen LogP contribution in [0.1, 0.15) is 38.2 Å². The van der Waals surface area contributed by atoms with Crippen LogP contribution in [0.2, 0.25) is 0 Å². The molecule has 0 aliphatic carbocycles. The van der Waals surface area contributed by atoms with Gasteiger partial charge in [-0.1, -0.05) is 31.0 Å². The van der Waals surface area contributed by atoms with Crippen LogP contribution in [-0.2, 0) is 16.0 Å². The predicted octanol–water partition coefficient (Wildman–Crippen LogP) is 2.62. The zero-order chi connectivity index (χ0) is 16.9. The second-order valence-electron chi connectivity index (χ2n) is 6.56. The molecule has 1 aromatic carbocycles. The Hall–Kier alpha value is -2.30. The Balaban J connectivity index is 1.80. The van der Waals surface area contributed by atoms with E-state index in [1.807, 2.05) is 35.4 Å². The molecule has 1 unspecified atom stereocenters. The largest absolute Gasteiger partial charge is 0.361 e. The molecule has 1 aromatic heterocycles. The Morgan fingerprint density at radius 3 is 2.58 bits per heavy atom. The molecule has 5 nitrogen and oxygen atoms in total. The number of amides is 2. The Bertz CT molecular complexity index is 714. The summed E-state index contributed by atoms with van der Waals surface area (Å²) in [5.74, 6) is -0.125. The molecule has 0 bridgehead atoms. The molecule has 2 aromatic rings.